The van der Waals surface area contributed by atoms with E-state index in [0.29, 0.717) is 0 Å². The number of pyridine rings is 1. The van der Waals surface area contributed by atoms with Crippen LogP contribution in [0.2, 0.25) is 0 Å². The fourth-order valence-corrected chi connectivity index (χ4v) is 7.44. The van der Waals surface area contributed by atoms with Crippen molar-refractivity contribution in [2.45, 2.75) is 51.9 Å². The lowest BCUT2D eigenvalue weighted by Gasteiger charge is -2.39. The third kappa shape index (κ3) is 3.31. The Hall–Kier alpha value is -1.63. The van der Waals surface area contributed by atoms with Crippen molar-refractivity contribution in [3.63, 3.8) is 0 Å². The van der Waals surface area contributed by atoms with E-state index in [1.54, 1.807) is 5.56 Å². The minimum atomic E-state index is 0.828. The molecule has 3 fully saturated rings. The Morgan fingerprint density at radius 2 is 1.46 bits per heavy atom. The maximum atomic E-state index is 2.59. The van der Waals surface area contributed by atoms with Crippen molar-refractivity contribution in [3.05, 3.63) is 66.0 Å². The van der Waals surface area contributed by atoms with Crippen molar-refractivity contribution >= 4 is 0 Å². The molecule has 28 heavy (non-hydrogen) atoms. The topological polar surface area (TPSA) is 3.88 Å². The number of hydrogen-bond acceptors (Lipinski definition) is 0. The summed E-state index contributed by atoms with van der Waals surface area (Å²) in [5.41, 5.74) is 3.07. The molecule has 3 aliphatic rings. The molecule has 0 spiro atoms. The smallest absolute Gasteiger partial charge is 0.181 e. The quantitative estimate of drug-likeness (QED) is 0.612. The first-order valence-electron chi connectivity index (χ1n) is 11.7. The van der Waals surface area contributed by atoms with Crippen molar-refractivity contribution in [3.8, 4) is 0 Å². The first-order chi connectivity index (χ1) is 13.7. The van der Waals surface area contributed by atoms with Crippen molar-refractivity contribution < 1.29 is 4.57 Å². The van der Waals surface area contributed by atoms with Crippen molar-refractivity contribution in [2.75, 3.05) is 0 Å². The van der Waals surface area contributed by atoms with Gasteiger partial charge in [0.2, 0.25) is 0 Å². The van der Waals surface area contributed by atoms with Gasteiger partial charge in [-0.05, 0) is 66.3 Å². The Labute approximate surface area is 171 Å². The van der Waals surface area contributed by atoms with Gasteiger partial charge >= 0.3 is 0 Å². The molecule has 0 aliphatic heterocycles. The third-order valence-electron chi connectivity index (χ3n) is 8.89. The highest BCUT2D eigenvalue weighted by Crippen LogP contribution is 2.59. The lowest BCUT2D eigenvalue weighted by molar-refractivity contribution is -0.679. The zero-order valence-corrected chi connectivity index (χ0v) is 17.6. The Bertz CT molecular complexity index is 797. The first kappa shape index (κ1) is 18.4. The van der Waals surface area contributed by atoms with Crippen molar-refractivity contribution in [2.24, 2.45) is 48.5 Å². The maximum Gasteiger partial charge on any atom is 0.181 e. The van der Waals surface area contributed by atoms with Crippen LogP contribution in [-0.2, 0) is 19.9 Å². The predicted octanol–water partition coefficient (Wildman–Crippen LogP) is 5.62. The number of rotatable bonds is 4. The molecular formula is C27H36N+. The second-order valence-electron chi connectivity index (χ2n) is 10.1. The summed E-state index contributed by atoms with van der Waals surface area (Å²) in [6.45, 7) is 2.59. The minimum absolute atomic E-state index is 0.828. The summed E-state index contributed by atoms with van der Waals surface area (Å²) in [6, 6.07) is 18.1. The van der Waals surface area contributed by atoms with E-state index >= 15 is 0 Å². The van der Waals surface area contributed by atoms with Gasteiger partial charge < -0.3 is 0 Å². The SMILES string of the molecule is CC1C(Cc2ccccc2)C2CC3CCCC3CC2C1Cc1cccc[n+]1C. The van der Waals surface area contributed by atoms with Gasteiger partial charge in [0.15, 0.2) is 11.9 Å². The number of benzene rings is 1. The number of aromatic nitrogens is 1. The van der Waals surface area contributed by atoms with Gasteiger partial charge in [-0.1, -0.05) is 62.6 Å². The van der Waals surface area contributed by atoms with E-state index in [9.17, 15) is 0 Å². The van der Waals surface area contributed by atoms with Crippen LogP contribution < -0.4 is 4.57 Å². The van der Waals surface area contributed by atoms with Crippen LogP contribution in [0, 0.1) is 41.4 Å². The van der Waals surface area contributed by atoms with Crippen LogP contribution in [0.5, 0.6) is 0 Å². The fourth-order valence-electron chi connectivity index (χ4n) is 7.44. The second kappa shape index (κ2) is 7.65. The number of fused-ring (bicyclic) bond motifs is 2. The summed E-state index contributed by atoms with van der Waals surface area (Å²) in [4.78, 5) is 0. The molecule has 1 nitrogen and oxygen atoms in total. The van der Waals surface area contributed by atoms with Crippen LogP contribution in [0.25, 0.3) is 0 Å². The largest absolute Gasteiger partial charge is 0.205 e. The molecule has 5 rings (SSSR count). The summed E-state index contributed by atoms with van der Waals surface area (Å²) in [7, 11) is 2.22. The van der Waals surface area contributed by atoms with E-state index in [1.807, 2.05) is 0 Å². The monoisotopic (exact) mass is 374 g/mol. The highest BCUT2D eigenvalue weighted by atomic mass is 14.9. The van der Waals surface area contributed by atoms with Gasteiger partial charge in [0, 0.05) is 18.6 Å². The molecule has 1 aromatic heterocycles. The molecule has 3 saturated carbocycles. The second-order valence-corrected chi connectivity index (χ2v) is 10.1. The standard InChI is InChI=1S/C27H36N/c1-19-24(15-20-9-4-3-5-10-20)26-16-21-11-8-12-22(21)17-27(26)25(19)18-23-13-6-7-14-28(23)2/h3-7,9-10,13-14,19,21-22,24-27H,8,11-12,15-18H2,1-2H3/q+1. The predicted molar refractivity (Wildman–Crippen MR) is 115 cm³/mol. The number of hydrogen-bond donors (Lipinski definition) is 0. The molecule has 148 valence electrons. The highest BCUT2D eigenvalue weighted by Gasteiger charge is 2.53. The van der Waals surface area contributed by atoms with Gasteiger partial charge in [0.25, 0.3) is 0 Å². The van der Waals surface area contributed by atoms with Gasteiger partial charge in [-0.3, -0.25) is 0 Å². The van der Waals surface area contributed by atoms with E-state index in [4.69, 9.17) is 0 Å². The van der Waals surface area contributed by atoms with E-state index in [1.165, 1.54) is 50.6 Å². The van der Waals surface area contributed by atoms with Crippen LogP contribution in [-0.4, -0.2) is 0 Å². The average Bonchev–Trinajstić information content (AvgIpc) is 3.27. The molecular weight excluding hydrogens is 338 g/mol. The Balaban J connectivity index is 1.44. The molecule has 3 aliphatic carbocycles. The molecule has 2 aromatic rings. The van der Waals surface area contributed by atoms with Gasteiger partial charge in [0.1, 0.15) is 7.05 Å². The number of aryl methyl sites for hydroxylation is 1. The zero-order chi connectivity index (χ0) is 19.1. The lowest BCUT2D eigenvalue weighted by atomic mass is 9.66. The maximum absolute atomic E-state index is 2.59. The van der Waals surface area contributed by atoms with E-state index in [-0.39, 0.29) is 0 Å². The van der Waals surface area contributed by atoms with Gasteiger partial charge in [-0.25, -0.2) is 4.57 Å². The Kier molecular flexibility index (Phi) is 5.03. The molecule has 0 amide bonds. The molecule has 7 atom stereocenters. The normalized spacial score (nSPS) is 36.9. The number of nitrogens with zero attached hydrogens (tertiary/aromatic N) is 1. The minimum Gasteiger partial charge on any atom is -0.205 e. The molecule has 1 heterocycles. The average molecular weight is 375 g/mol. The van der Waals surface area contributed by atoms with Crippen molar-refractivity contribution in [1.82, 2.24) is 0 Å². The van der Waals surface area contributed by atoms with Crippen molar-refractivity contribution in [1.29, 1.82) is 0 Å². The van der Waals surface area contributed by atoms with Crippen LogP contribution in [0.3, 0.4) is 0 Å². The molecule has 0 radical (unpaired) electrons. The lowest BCUT2D eigenvalue weighted by Crippen LogP contribution is -2.36. The van der Waals surface area contributed by atoms with Crippen LogP contribution in [0.4, 0.5) is 0 Å². The molecule has 0 N–H and O–H groups in total. The molecule has 7 unspecified atom stereocenters. The molecule has 0 saturated heterocycles. The van der Waals surface area contributed by atoms with Gasteiger partial charge in [0.05, 0.1) is 0 Å². The third-order valence-corrected chi connectivity index (χ3v) is 8.89. The summed E-state index contributed by atoms with van der Waals surface area (Å²) in [5.74, 6) is 6.53. The summed E-state index contributed by atoms with van der Waals surface area (Å²) in [5, 5.41) is 0. The summed E-state index contributed by atoms with van der Waals surface area (Å²) >= 11 is 0. The molecule has 0 bridgehead atoms. The zero-order valence-electron chi connectivity index (χ0n) is 17.6. The van der Waals surface area contributed by atoms with Crippen LogP contribution >= 0.6 is 0 Å². The molecule has 1 aromatic carbocycles. The highest BCUT2D eigenvalue weighted by molar-refractivity contribution is 5.17. The summed E-state index contributed by atoms with van der Waals surface area (Å²) < 4.78 is 2.35. The van der Waals surface area contributed by atoms with Gasteiger partial charge in [-0.15, -0.1) is 0 Å². The van der Waals surface area contributed by atoms with Crippen LogP contribution in [0.15, 0.2) is 54.7 Å². The Morgan fingerprint density at radius 3 is 2.14 bits per heavy atom. The van der Waals surface area contributed by atoms with Crippen LogP contribution in [0.1, 0.15) is 50.3 Å². The molecule has 1 heteroatoms. The fraction of sp³-hybridized carbons (Fsp3) is 0.593. The van der Waals surface area contributed by atoms with E-state index < -0.39 is 0 Å². The van der Waals surface area contributed by atoms with Gasteiger partial charge in [-0.2, -0.15) is 0 Å². The summed E-state index contributed by atoms with van der Waals surface area (Å²) in [6.07, 6.45) is 12.3. The first-order valence-corrected chi connectivity index (χ1v) is 11.7. The Morgan fingerprint density at radius 1 is 0.821 bits per heavy atom. The van der Waals surface area contributed by atoms with E-state index in [2.05, 4.69) is 73.3 Å². The van der Waals surface area contributed by atoms with E-state index in [0.717, 1.165) is 41.4 Å².